The minimum Gasteiger partial charge on any atom is -0.300 e. The lowest BCUT2D eigenvalue weighted by Gasteiger charge is -2.37. The van der Waals surface area contributed by atoms with Crippen molar-refractivity contribution in [2.75, 3.05) is 0 Å². The molecule has 3 atom stereocenters. The molecule has 2 heteroatoms. The van der Waals surface area contributed by atoms with E-state index in [2.05, 4.69) is 17.7 Å². The van der Waals surface area contributed by atoms with Crippen molar-refractivity contribution in [3.05, 3.63) is 0 Å². The van der Waals surface area contributed by atoms with Crippen molar-refractivity contribution in [1.29, 1.82) is 0 Å². The van der Waals surface area contributed by atoms with Crippen LogP contribution in [0.15, 0.2) is 0 Å². The van der Waals surface area contributed by atoms with Crippen LogP contribution in [0, 0.1) is 12.3 Å². The Balaban J connectivity index is 2.10. The molecule has 0 aromatic carbocycles. The maximum absolute atomic E-state index is 11.5. The Morgan fingerprint density at radius 1 is 1.47 bits per heavy atom. The molecule has 2 rings (SSSR count). The molecule has 2 nitrogen and oxygen atoms in total. The SMILES string of the molecule is C#CC(CCC)N1C2CCC1CC(=O)C2. The van der Waals surface area contributed by atoms with Gasteiger partial charge in [0.1, 0.15) is 5.78 Å². The first-order valence-corrected chi connectivity index (χ1v) is 6.01. The van der Waals surface area contributed by atoms with Gasteiger partial charge in [-0.25, -0.2) is 0 Å². The van der Waals surface area contributed by atoms with Crippen LogP contribution in [0.3, 0.4) is 0 Å². The third-order valence-corrected chi connectivity index (χ3v) is 3.72. The predicted molar refractivity (Wildman–Crippen MR) is 60.4 cm³/mol. The second-order valence-electron chi connectivity index (χ2n) is 4.75. The Labute approximate surface area is 92.0 Å². The first kappa shape index (κ1) is 10.7. The highest BCUT2D eigenvalue weighted by Gasteiger charge is 2.42. The van der Waals surface area contributed by atoms with E-state index in [0.29, 0.717) is 17.9 Å². The number of carbonyl (C=O) groups excluding carboxylic acids is 1. The lowest BCUT2D eigenvalue weighted by Crippen LogP contribution is -2.48. The summed E-state index contributed by atoms with van der Waals surface area (Å²) in [7, 11) is 0. The van der Waals surface area contributed by atoms with E-state index < -0.39 is 0 Å². The van der Waals surface area contributed by atoms with Crippen LogP contribution in [0.5, 0.6) is 0 Å². The van der Waals surface area contributed by atoms with E-state index in [9.17, 15) is 4.79 Å². The molecule has 2 saturated heterocycles. The summed E-state index contributed by atoms with van der Waals surface area (Å²) in [6, 6.07) is 1.16. The van der Waals surface area contributed by atoms with Crippen molar-refractivity contribution < 1.29 is 4.79 Å². The summed E-state index contributed by atoms with van der Waals surface area (Å²) in [5, 5.41) is 0. The highest BCUT2D eigenvalue weighted by molar-refractivity contribution is 5.81. The Kier molecular flexibility index (Phi) is 3.11. The third-order valence-electron chi connectivity index (χ3n) is 3.72. The van der Waals surface area contributed by atoms with E-state index in [0.717, 1.165) is 38.5 Å². The van der Waals surface area contributed by atoms with Gasteiger partial charge in [-0.05, 0) is 19.3 Å². The molecule has 2 fully saturated rings. The summed E-state index contributed by atoms with van der Waals surface area (Å²) in [4.78, 5) is 13.9. The van der Waals surface area contributed by atoms with Gasteiger partial charge in [-0.15, -0.1) is 6.42 Å². The van der Waals surface area contributed by atoms with Gasteiger partial charge < -0.3 is 0 Å². The fourth-order valence-corrected chi connectivity index (χ4v) is 3.11. The zero-order valence-electron chi connectivity index (χ0n) is 9.41. The lowest BCUT2D eigenvalue weighted by molar-refractivity contribution is -0.124. The number of hydrogen-bond donors (Lipinski definition) is 0. The Bertz CT molecular complexity index is 275. The van der Waals surface area contributed by atoms with E-state index in [1.807, 2.05) is 0 Å². The number of ketones is 1. The highest BCUT2D eigenvalue weighted by Crippen LogP contribution is 2.36. The quantitative estimate of drug-likeness (QED) is 0.657. The Morgan fingerprint density at radius 2 is 2.07 bits per heavy atom. The first-order chi connectivity index (χ1) is 7.26. The topological polar surface area (TPSA) is 20.3 Å². The van der Waals surface area contributed by atoms with Gasteiger partial charge in [-0.1, -0.05) is 19.3 Å². The maximum atomic E-state index is 11.5. The van der Waals surface area contributed by atoms with Crippen LogP contribution in [-0.4, -0.2) is 28.8 Å². The van der Waals surface area contributed by atoms with E-state index in [1.165, 1.54) is 0 Å². The molecule has 2 heterocycles. The second-order valence-corrected chi connectivity index (χ2v) is 4.75. The normalized spacial score (nSPS) is 32.7. The standard InChI is InChI=1S/C13H19NO/c1-3-5-10(4-2)14-11-6-7-12(14)9-13(15)8-11/h2,10-12H,3,5-9H2,1H3. The summed E-state index contributed by atoms with van der Waals surface area (Å²) in [5.41, 5.74) is 0. The largest absolute Gasteiger partial charge is 0.300 e. The summed E-state index contributed by atoms with van der Waals surface area (Å²) >= 11 is 0. The predicted octanol–water partition coefficient (Wildman–Crippen LogP) is 1.98. The molecule has 0 N–H and O–H groups in total. The second kappa shape index (κ2) is 4.37. The van der Waals surface area contributed by atoms with Gasteiger partial charge in [0.05, 0.1) is 6.04 Å². The lowest BCUT2D eigenvalue weighted by atomic mass is 9.97. The molecule has 3 unspecified atom stereocenters. The molecule has 0 aliphatic carbocycles. The molecule has 0 aromatic heterocycles. The molecule has 82 valence electrons. The van der Waals surface area contributed by atoms with Gasteiger partial charge >= 0.3 is 0 Å². The van der Waals surface area contributed by atoms with Crippen molar-refractivity contribution in [2.24, 2.45) is 0 Å². The number of rotatable bonds is 3. The summed E-state index contributed by atoms with van der Waals surface area (Å²) in [5.74, 6) is 3.34. The van der Waals surface area contributed by atoms with Gasteiger partial charge in [0.25, 0.3) is 0 Å². The smallest absolute Gasteiger partial charge is 0.136 e. The Morgan fingerprint density at radius 3 is 2.53 bits per heavy atom. The first-order valence-electron chi connectivity index (χ1n) is 6.01. The molecule has 0 radical (unpaired) electrons. The van der Waals surface area contributed by atoms with Crippen molar-refractivity contribution >= 4 is 5.78 Å². The number of terminal acetylenes is 1. The molecule has 2 aliphatic heterocycles. The zero-order valence-corrected chi connectivity index (χ0v) is 9.41. The van der Waals surface area contributed by atoms with Crippen molar-refractivity contribution in [1.82, 2.24) is 4.90 Å². The number of carbonyl (C=O) groups is 1. The summed E-state index contributed by atoms with van der Waals surface area (Å²) in [6.45, 7) is 2.17. The number of fused-ring (bicyclic) bond motifs is 2. The molecule has 2 bridgehead atoms. The maximum Gasteiger partial charge on any atom is 0.136 e. The summed E-state index contributed by atoms with van der Waals surface area (Å²) < 4.78 is 0. The molecular formula is C13H19NO. The van der Waals surface area contributed by atoms with Crippen LogP contribution >= 0.6 is 0 Å². The van der Waals surface area contributed by atoms with Gasteiger partial charge in [-0.3, -0.25) is 9.69 Å². The van der Waals surface area contributed by atoms with Crippen LogP contribution < -0.4 is 0 Å². The van der Waals surface area contributed by atoms with E-state index in [4.69, 9.17) is 6.42 Å². The number of hydrogen-bond acceptors (Lipinski definition) is 2. The fourth-order valence-electron chi connectivity index (χ4n) is 3.11. The van der Waals surface area contributed by atoms with Gasteiger partial charge in [0.15, 0.2) is 0 Å². The summed E-state index contributed by atoms with van der Waals surface area (Å²) in [6.07, 6.45) is 11.6. The van der Waals surface area contributed by atoms with Gasteiger partial charge in [0.2, 0.25) is 0 Å². The molecule has 0 amide bonds. The van der Waals surface area contributed by atoms with E-state index in [-0.39, 0.29) is 6.04 Å². The van der Waals surface area contributed by atoms with Crippen LogP contribution in [-0.2, 0) is 4.79 Å². The average molecular weight is 205 g/mol. The van der Waals surface area contributed by atoms with Crippen LogP contribution in [0.1, 0.15) is 45.4 Å². The van der Waals surface area contributed by atoms with Crippen LogP contribution in [0.2, 0.25) is 0 Å². The minimum atomic E-state index is 0.264. The van der Waals surface area contributed by atoms with Crippen LogP contribution in [0.4, 0.5) is 0 Å². The van der Waals surface area contributed by atoms with Crippen molar-refractivity contribution in [3.63, 3.8) is 0 Å². The monoisotopic (exact) mass is 205 g/mol. The highest BCUT2D eigenvalue weighted by atomic mass is 16.1. The minimum absolute atomic E-state index is 0.264. The number of piperidine rings is 1. The third kappa shape index (κ3) is 1.94. The van der Waals surface area contributed by atoms with Gasteiger partial charge in [0, 0.05) is 24.9 Å². The molecule has 2 aliphatic rings. The number of nitrogens with zero attached hydrogens (tertiary/aromatic N) is 1. The number of Topliss-reactive ketones (excluding diaryl/α,β-unsaturated/α-hetero) is 1. The van der Waals surface area contributed by atoms with Gasteiger partial charge in [-0.2, -0.15) is 0 Å². The van der Waals surface area contributed by atoms with Crippen LogP contribution in [0.25, 0.3) is 0 Å². The van der Waals surface area contributed by atoms with E-state index >= 15 is 0 Å². The van der Waals surface area contributed by atoms with E-state index in [1.54, 1.807) is 0 Å². The molecule has 0 saturated carbocycles. The molecule has 0 spiro atoms. The molecular weight excluding hydrogens is 186 g/mol. The molecule has 0 aromatic rings. The molecule has 15 heavy (non-hydrogen) atoms. The van der Waals surface area contributed by atoms with Crippen molar-refractivity contribution in [2.45, 2.75) is 63.6 Å². The fraction of sp³-hybridized carbons (Fsp3) is 0.769. The average Bonchev–Trinajstić information content (AvgIpc) is 2.47. The zero-order chi connectivity index (χ0) is 10.8. The van der Waals surface area contributed by atoms with Crippen molar-refractivity contribution in [3.8, 4) is 12.3 Å². The Hall–Kier alpha value is -0.810.